The van der Waals surface area contributed by atoms with Crippen LogP contribution in [-0.4, -0.2) is 56.0 Å². The van der Waals surface area contributed by atoms with Gasteiger partial charge >= 0.3 is 20.0 Å². The van der Waals surface area contributed by atoms with E-state index in [1.807, 2.05) is 4.57 Å². The van der Waals surface area contributed by atoms with Crippen LogP contribution in [0.1, 0.15) is 42.2 Å². The zero-order chi connectivity index (χ0) is 33.9. The second kappa shape index (κ2) is 13.9. The van der Waals surface area contributed by atoms with Gasteiger partial charge in [0.2, 0.25) is 5.43 Å². The first-order valence-corrected chi connectivity index (χ1v) is 16.9. The molecular weight excluding hydrogens is 664 g/mol. The maximum atomic E-state index is 13.7. The third-order valence-electron chi connectivity index (χ3n) is 7.16. The minimum absolute atomic E-state index is 0.00998. The lowest BCUT2D eigenvalue weighted by Gasteiger charge is -2.16. The molecule has 250 valence electrons. The average molecular weight is 695 g/mol. The Morgan fingerprint density at radius 1 is 1.17 bits per heavy atom. The average Bonchev–Trinajstić information content (AvgIpc) is 3.67. The third kappa shape index (κ3) is 8.61. The lowest BCUT2D eigenvalue weighted by Crippen LogP contribution is -2.31. The number of pyridine rings is 2. The van der Waals surface area contributed by atoms with Gasteiger partial charge in [0, 0.05) is 53.9 Å². The van der Waals surface area contributed by atoms with Gasteiger partial charge in [-0.05, 0) is 55.9 Å². The number of carbonyl (C=O) groups excluding carboxylic acids is 2. The molecule has 5 N–H and O–H groups in total. The van der Waals surface area contributed by atoms with Crippen molar-refractivity contribution in [3.05, 3.63) is 63.5 Å². The molecule has 0 bridgehead atoms. The molecule has 1 saturated carbocycles. The molecule has 1 aliphatic carbocycles. The summed E-state index contributed by atoms with van der Waals surface area (Å²) in [7, 11) is -4.65. The Morgan fingerprint density at radius 2 is 1.94 bits per heavy atom. The number of urea groups is 1. The maximum absolute atomic E-state index is 13.7. The standard InChI is InChI=1S/C29H30F3N6O7PS/c1-2-33-28(41)37-24-11-18(27-36-23(15-47-27)29(30,31)32)20(12-35-24)17-6-7-22-19(10-17)25(39)21(14-38(22)13-16-4-5-16)26(40)34-8-3-9-45-46(42,43)44/h6-7,10-12,14-16H,2-5,8-9,13H2,1H3,(H,34,40)(H2,42,43,44)(H2,33,35,37,41). The number of phosphoric ester groups is 1. The van der Waals surface area contributed by atoms with Gasteiger partial charge in [0.25, 0.3) is 5.91 Å². The summed E-state index contributed by atoms with van der Waals surface area (Å²) in [5, 5.41) is 8.75. The van der Waals surface area contributed by atoms with Gasteiger partial charge in [-0.15, -0.1) is 11.3 Å². The minimum atomic E-state index is -4.68. The number of thiazole rings is 1. The van der Waals surface area contributed by atoms with Crippen LogP contribution in [0.5, 0.6) is 0 Å². The van der Waals surface area contributed by atoms with E-state index in [0.29, 0.717) is 35.7 Å². The fourth-order valence-electron chi connectivity index (χ4n) is 4.79. The van der Waals surface area contributed by atoms with E-state index in [2.05, 4.69) is 30.4 Å². The van der Waals surface area contributed by atoms with Crippen molar-refractivity contribution in [2.24, 2.45) is 5.92 Å². The van der Waals surface area contributed by atoms with Crippen LogP contribution in [0.25, 0.3) is 32.6 Å². The van der Waals surface area contributed by atoms with E-state index in [1.54, 1.807) is 25.1 Å². The van der Waals surface area contributed by atoms with Crippen molar-refractivity contribution in [2.45, 2.75) is 38.9 Å². The summed E-state index contributed by atoms with van der Waals surface area (Å²) in [4.78, 5) is 64.7. The molecule has 47 heavy (non-hydrogen) atoms. The number of hydrogen-bond donors (Lipinski definition) is 5. The molecule has 1 aromatic carbocycles. The second-order valence-corrected chi connectivity index (χ2v) is 12.9. The van der Waals surface area contributed by atoms with Gasteiger partial charge < -0.3 is 25.0 Å². The molecule has 1 aliphatic rings. The number of carbonyl (C=O) groups is 2. The highest BCUT2D eigenvalue weighted by molar-refractivity contribution is 7.46. The summed E-state index contributed by atoms with van der Waals surface area (Å²) >= 11 is 0.760. The Bertz CT molecular complexity index is 1920. The van der Waals surface area contributed by atoms with Gasteiger partial charge in [-0.25, -0.2) is 19.3 Å². The van der Waals surface area contributed by atoms with Crippen LogP contribution in [0.3, 0.4) is 0 Å². The molecule has 0 unspecified atom stereocenters. The van der Waals surface area contributed by atoms with Crippen molar-refractivity contribution in [2.75, 3.05) is 25.0 Å². The highest BCUT2D eigenvalue weighted by atomic mass is 32.1. The first-order valence-electron chi connectivity index (χ1n) is 14.5. The molecule has 3 aromatic heterocycles. The van der Waals surface area contributed by atoms with Gasteiger partial charge in [-0.1, -0.05) is 6.07 Å². The molecule has 0 spiro atoms. The monoisotopic (exact) mass is 694 g/mol. The van der Waals surface area contributed by atoms with Crippen LogP contribution < -0.4 is 21.4 Å². The fraction of sp³-hybridized carbons (Fsp3) is 0.345. The lowest BCUT2D eigenvalue weighted by molar-refractivity contribution is -0.140. The van der Waals surface area contributed by atoms with Crippen molar-refractivity contribution in [1.82, 2.24) is 25.2 Å². The van der Waals surface area contributed by atoms with E-state index in [4.69, 9.17) is 9.79 Å². The quantitative estimate of drug-likeness (QED) is 0.101. The molecule has 5 rings (SSSR count). The van der Waals surface area contributed by atoms with Crippen molar-refractivity contribution in [3.8, 4) is 21.7 Å². The molecule has 3 heterocycles. The van der Waals surface area contributed by atoms with Gasteiger partial charge in [0.1, 0.15) is 16.4 Å². The number of fused-ring (bicyclic) bond motifs is 1. The van der Waals surface area contributed by atoms with Crippen LogP contribution in [0.2, 0.25) is 0 Å². The number of rotatable bonds is 12. The number of phosphoric acid groups is 1. The van der Waals surface area contributed by atoms with Crippen molar-refractivity contribution >= 4 is 47.8 Å². The summed E-state index contributed by atoms with van der Waals surface area (Å²) in [6, 6.07) is 5.78. The number of benzene rings is 1. The maximum Gasteiger partial charge on any atom is 0.469 e. The number of aromatic nitrogens is 3. The van der Waals surface area contributed by atoms with E-state index in [9.17, 15) is 32.1 Å². The first kappa shape index (κ1) is 34.2. The molecule has 18 heteroatoms. The van der Waals surface area contributed by atoms with Gasteiger partial charge in [-0.3, -0.25) is 19.4 Å². The Morgan fingerprint density at radius 3 is 2.60 bits per heavy atom. The molecule has 0 saturated heterocycles. The fourth-order valence-corrected chi connectivity index (χ4v) is 6.01. The summed E-state index contributed by atoms with van der Waals surface area (Å²) in [5.74, 6) is -0.251. The summed E-state index contributed by atoms with van der Waals surface area (Å²) < 4.78 is 57.4. The van der Waals surface area contributed by atoms with Crippen LogP contribution in [0.4, 0.5) is 23.8 Å². The minimum Gasteiger partial charge on any atom is -0.352 e. The van der Waals surface area contributed by atoms with Gasteiger partial charge in [-0.2, -0.15) is 13.2 Å². The number of anilines is 1. The summed E-state index contributed by atoms with van der Waals surface area (Å²) in [6.45, 7) is 2.28. The van der Waals surface area contributed by atoms with Crippen LogP contribution in [0.15, 0.2) is 46.8 Å². The summed E-state index contributed by atoms with van der Waals surface area (Å²) in [6.07, 6.45) is 0.235. The number of nitrogens with zero attached hydrogens (tertiary/aromatic N) is 3. The third-order valence-corrected chi connectivity index (χ3v) is 8.56. The first-order chi connectivity index (χ1) is 22.2. The Kier molecular flexibility index (Phi) is 10.1. The lowest BCUT2D eigenvalue weighted by atomic mass is 9.99. The topological polar surface area (TPSA) is 185 Å². The zero-order valence-corrected chi connectivity index (χ0v) is 26.5. The second-order valence-electron chi connectivity index (χ2n) is 10.8. The number of hydrogen-bond acceptors (Lipinski definition) is 8. The number of amides is 3. The molecule has 4 aromatic rings. The Balaban J connectivity index is 1.55. The van der Waals surface area contributed by atoms with Crippen molar-refractivity contribution in [3.63, 3.8) is 0 Å². The molecular formula is C29H30F3N6O7PS. The molecule has 13 nitrogen and oxygen atoms in total. The molecule has 0 atom stereocenters. The summed E-state index contributed by atoms with van der Waals surface area (Å²) in [5.41, 5.74) is -0.286. The molecule has 0 radical (unpaired) electrons. The van der Waals surface area contributed by atoms with E-state index >= 15 is 0 Å². The van der Waals surface area contributed by atoms with Gasteiger partial charge in [0.15, 0.2) is 5.69 Å². The smallest absolute Gasteiger partial charge is 0.352 e. The number of halogens is 3. The number of alkyl halides is 3. The molecule has 1 fully saturated rings. The highest BCUT2D eigenvalue weighted by Gasteiger charge is 2.34. The predicted octanol–water partition coefficient (Wildman–Crippen LogP) is 4.99. The number of nitrogens with one attached hydrogen (secondary N) is 3. The highest BCUT2D eigenvalue weighted by Crippen LogP contribution is 2.39. The Labute approximate surface area is 269 Å². The van der Waals surface area contributed by atoms with E-state index in [-0.39, 0.29) is 46.9 Å². The van der Waals surface area contributed by atoms with Crippen LogP contribution in [-0.2, 0) is 21.8 Å². The van der Waals surface area contributed by atoms with E-state index in [1.165, 1.54) is 18.5 Å². The van der Waals surface area contributed by atoms with Crippen molar-refractivity contribution < 1.29 is 41.6 Å². The normalized spacial score (nSPS) is 13.5. The molecule has 3 amide bonds. The van der Waals surface area contributed by atoms with Crippen LogP contribution in [0, 0.1) is 5.92 Å². The SMILES string of the molecule is CCNC(=O)Nc1cc(-c2nc(C(F)(F)F)cs2)c(-c2ccc3c(c2)c(=O)c(C(=O)NCCCOP(=O)(O)O)cn3CC2CC2)cn1. The largest absolute Gasteiger partial charge is 0.469 e. The van der Waals surface area contributed by atoms with Crippen LogP contribution >= 0.6 is 19.2 Å². The molecule has 0 aliphatic heterocycles. The zero-order valence-electron chi connectivity index (χ0n) is 24.8. The van der Waals surface area contributed by atoms with E-state index < -0.39 is 37.1 Å². The van der Waals surface area contributed by atoms with Gasteiger partial charge in [0.05, 0.1) is 12.1 Å². The van der Waals surface area contributed by atoms with E-state index in [0.717, 1.165) is 29.6 Å². The Hall–Kier alpha value is -4.15. The van der Waals surface area contributed by atoms with Crippen molar-refractivity contribution in [1.29, 1.82) is 0 Å². The predicted molar refractivity (Wildman–Crippen MR) is 168 cm³/mol.